The van der Waals surface area contributed by atoms with Gasteiger partial charge in [-0.3, -0.25) is 4.79 Å². The van der Waals surface area contributed by atoms with Gasteiger partial charge in [-0.2, -0.15) is 4.98 Å². The highest BCUT2D eigenvalue weighted by molar-refractivity contribution is 5.90. The Balaban J connectivity index is 1.58. The molecule has 0 atom stereocenters. The highest BCUT2D eigenvalue weighted by atomic mass is 16.5. The van der Waals surface area contributed by atoms with Gasteiger partial charge in [-0.1, -0.05) is 19.0 Å². The third kappa shape index (κ3) is 4.06. The number of carbonyl (C=O) groups excluding carboxylic acids is 1. The first-order chi connectivity index (χ1) is 12.2. The molecule has 0 saturated carbocycles. The molecule has 2 N–H and O–H groups in total. The van der Waals surface area contributed by atoms with Gasteiger partial charge in [0.05, 0.1) is 0 Å². The highest BCUT2D eigenvalue weighted by Crippen LogP contribution is 2.21. The van der Waals surface area contributed by atoms with Crippen LogP contribution in [0.4, 0.5) is 0 Å². The molecule has 25 heavy (non-hydrogen) atoms. The van der Waals surface area contributed by atoms with Crippen molar-refractivity contribution < 1.29 is 9.32 Å². The fourth-order valence-corrected chi connectivity index (χ4v) is 2.75. The van der Waals surface area contributed by atoms with Crippen LogP contribution in [0.2, 0.25) is 0 Å². The summed E-state index contributed by atoms with van der Waals surface area (Å²) in [7, 11) is 0. The lowest BCUT2D eigenvalue weighted by Crippen LogP contribution is -2.30. The predicted octanol–water partition coefficient (Wildman–Crippen LogP) is 2.68. The van der Waals surface area contributed by atoms with E-state index in [0.29, 0.717) is 12.4 Å². The topological polar surface area (TPSA) is 87.0 Å². The standard InChI is InChI=1S/C18H23N5O2/c1-3-23(4-2)11-5-9-20-17(24)18-21-16(22-25-18)14-6-7-15-13(12-14)8-10-19-15/h6-8,10,12,19H,3-5,9,11H2,1-2H3,(H,20,24). The number of aromatic nitrogens is 3. The van der Waals surface area contributed by atoms with E-state index >= 15 is 0 Å². The first-order valence-electron chi connectivity index (χ1n) is 8.63. The van der Waals surface area contributed by atoms with Crippen LogP contribution < -0.4 is 5.32 Å². The molecule has 0 aliphatic carbocycles. The maximum atomic E-state index is 12.1. The molecule has 0 spiro atoms. The average molecular weight is 341 g/mol. The van der Waals surface area contributed by atoms with Gasteiger partial charge in [-0.15, -0.1) is 0 Å². The number of H-pyrrole nitrogens is 1. The summed E-state index contributed by atoms with van der Waals surface area (Å²) in [6.07, 6.45) is 2.76. The zero-order chi connectivity index (χ0) is 17.6. The maximum absolute atomic E-state index is 12.1. The fraction of sp³-hybridized carbons (Fsp3) is 0.389. The van der Waals surface area contributed by atoms with Gasteiger partial charge < -0.3 is 19.7 Å². The van der Waals surface area contributed by atoms with E-state index in [1.54, 1.807) is 0 Å². The third-order valence-electron chi connectivity index (χ3n) is 4.26. The largest absolute Gasteiger partial charge is 0.361 e. The number of amides is 1. The monoisotopic (exact) mass is 341 g/mol. The smallest absolute Gasteiger partial charge is 0.316 e. The van der Waals surface area contributed by atoms with Crippen molar-refractivity contribution in [2.45, 2.75) is 20.3 Å². The van der Waals surface area contributed by atoms with Gasteiger partial charge in [0, 0.05) is 29.2 Å². The lowest BCUT2D eigenvalue weighted by atomic mass is 10.1. The van der Waals surface area contributed by atoms with Gasteiger partial charge in [0.1, 0.15) is 0 Å². The zero-order valence-corrected chi connectivity index (χ0v) is 14.6. The second kappa shape index (κ2) is 7.94. The highest BCUT2D eigenvalue weighted by Gasteiger charge is 2.16. The molecule has 2 aromatic heterocycles. The van der Waals surface area contributed by atoms with Crippen molar-refractivity contribution in [3.05, 3.63) is 36.4 Å². The fourth-order valence-electron chi connectivity index (χ4n) is 2.75. The lowest BCUT2D eigenvalue weighted by molar-refractivity contribution is 0.0908. The molecule has 0 fully saturated rings. The van der Waals surface area contributed by atoms with Crippen molar-refractivity contribution in [3.63, 3.8) is 0 Å². The molecule has 0 saturated heterocycles. The Labute approximate surface area is 146 Å². The van der Waals surface area contributed by atoms with E-state index in [-0.39, 0.29) is 11.8 Å². The van der Waals surface area contributed by atoms with E-state index in [4.69, 9.17) is 4.52 Å². The summed E-state index contributed by atoms with van der Waals surface area (Å²) in [4.78, 5) is 21.8. The number of carbonyl (C=O) groups is 1. The van der Waals surface area contributed by atoms with Crippen LogP contribution in [0.5, 0.6) is 0 Å². The molecule has 3 rings (SSSR count). The molecule has 2 heterocycles. The van der Waals surface area contributed by atoms with E-state index in [0.717, 1.165) is 42.5 Å². The molecule has 7 heteroatoms. The second-order valence-corrected chi connectivity index (χ2v) is 5.84. The summed E-state index contributed by atoms with van der Waals surface area (Å²) in [5.74, 6) is 0.0735. The number of rotatable bonds is 8. The first-order valence-corrected chi connectivity index (χ1v) is 8.63. The van der Waals surface area contributed by atoms with Gasteiger partial charge in [-0.05, 0) is 50.3 Å². The second-order valence-electron chi connectivity index (χ2n) is 5.84. The van der Waals surface area contributed by atoms with Crippen LogP contribution in [-0.2, 0) is 0 Å². The molecular weight excluding hydrogens is 318 g/mol. The molecule has 0 radical (unpaired) electrons. The molecule has 0 unspecified atom stereocenters. The zero-order valence-electron chi connectivity index (χ0n) is 14.6. The molecule has 0 aliphatic heterocycles. The Morgan fingerprint density at radius 2 is 2.12 bits per heavy atom. The van der Waals surface area contributed by atoms with Crippen LogP contribution >= 0.6 is 0 Å². The lowest BCUT2D eigenvalue weighted by Gasteiger charge is -2.17. The van der Waals surface area contributed by atoms with Crippen molar-refractivity contribution >= 4 is 16.8 Å². The van der Waals surface area contributed by atoms with Crippen molar-refractivity contribution in [3.8, 4) is 11.4 Å². The normalized spacial score (nSPS) is 11.3. The van der Waals surface area contributed by atoms with Crippen LogP contribution in [0, 0.1) is 0 Å². The first kappa shape index (κ1) is 17.2. The van der Waals surface area contributed by atoms with E-state index in [1.165, 1.54) is 0 Å². The minimum absolute atomic E-state index is 0.00740. The Kier molecular flexibility index (Phi) is 5.45. The van der Waals surface area contributed by atoms with E-state index in [1.807, 2.05) is 30.5 Å². The number of nitrogens with zero attached hydrogens (tertiary/aromatic N) is 3. The number of hydrogen-bond acceptors (Lipinski definition) is 5. The number of aromatic amines is 1. The summed E-state index contributed by atoms with van der Waals surface area (Å²) in [6.45, 7) is 7.84. The predicted molar refractivity (Wildman–Crippen MR) is 96.3 cm³/mol. The molecule has 1 amide bonds. The molecule has 3 aromatic rings. The minimum atomic E-state index is -0.332. The molecule has 1 aromatic carbocycles. The van der Waals surface area contributed by atoms with Gasteiger partial charge in [0.25, 0.3) is 0 Å². The quantitative estimate of drug-likeness (QED) is 0.615. The van der Waals surface area contributed by atoms with Gasteiger partial charge in [0.15, 0.2) is 0 Å². The number of nitrogens with one attached hydrogen (secondary N) is 2. The van der Waals surface area contributed by atoms with E-state index < -0.39 is 0 Å². The Hall–Kier alpha value is -2.67. The van der Waals surface area contributed by atoms with Gasteiger partial charge >= 0.3 is 11.8 Å². The summed E-state index contributed by atoms with van der Waals surface area (Å²) in [6, 6.07) is 7.79. The summed E-state index contributed by atoms with van der Waals surface area (Å²) >= 11 is 0. The third-order valence-corrected chi connectivity index (χ3v) is 4.26. The van der Waals surface area contributed by atoms with Crippen LogP contribution in [0.15, 0.2) is 35.0 Å². The summed E-state index contributed by atoms with van der Waals surface area (Å²) in [5, 5.41) is 7.80. The van der Waals surface area contributed by atoms with Gasteiger partial charge in [0.2, 0.25) is 5.82 Å². The number of fused-ring (bicyclic) bond motifs is 1. The van der Waals surface area contributed by atoms with Crippen LogP contribution in [0.3, 0.4) is 0 Å². The van der Waals surface area contributed by atoms with Crippen LogP contribution in [-0.4, -0.2) is 52.1 Å². The van der Waals surface area contributed by atoms with Crippen molar-refractivity contribution in [2.75, 3.05) is 26.2 Å². The summed E-state index contributed by atoms with van der Waals surface area (Å²) in [5.41, 5.74) is 1.86. The van der Waals surface area contributed by atoms with E-state index in [9.17, 15) is 4.79 Å². The Bertz CT molecular complexity index is 835. The van der Waals surface area contributed by atoms with Crippen molar-refractivity contribution in [1.82, 2.24) is 25.3 Å². The number of hydrogen-bond donors (Lipinski definition) is 2. The molecule has 0 bridgehead atoms. The van der Waals surface area contributed by atoms with Crippen LogP contribution in [0.1, 0.15) is 31.0 Å². The van der Waals surface area contributed by atoms with E-state index in [2.05, 4.69) is 39.2 Å². The average Bonchev–Trinajstić information content (AvgIpc) is 3.30. The Morgan fingerprint density at radius 1 is 1.28 bits per heavy atom. The van der Waals surface area contributed by atoms with Crippen molar-refractivity contribution in [2.24, 2.45) is 0 Å². The molecular formula is C18H23N5O2. The van der Waals surface area contributed by atoms with Crippen LogP contribution in [0.25, 0.3) is 22.3 Å². The summed E-state index contributed by atoms with van der Waals surface area (Å²) < 4.78 is 5.10. The van der Waals surface area contributed by atoms with Crippen molar-refractivity contribution in [1.29, 1.82) is 0 Å². The maximum Gasteiger partial charge on any atom is 0.316 e. The van der Waals surface area contributed by atoms with Gasteiger partial charge in [-0.25, -0.2) is 0 Å². The molecule has 132 valence electrons. The molecule has 0 aliphatic rings. The molecule has 7 nitrogen and oxygen atoms in total. The SMILES string of the molecule is CCN(CC)CCCNC(=O)c1nc(-c2ccc3[nH]ccc3c2)no1. The minimum Gasteiger partial charge on any atom is -0.361 e. The number of benzene rings is 1. The Morgan fingerprint density at radius 3 is 2.92 bits per heavy atom.